The summed E-state index contributed by atoms with van der Waals surface area (Å²) >= 11 is 5.94. The normalized spacial score (nSPS) is 11.8. The second-order valence-electron chi connectivity index (χ2n) is 4.05. The third-order valence-electron chi connectivity index (χ3n) is 2.39. The van der Waals surface area contributed by atoms with Crippen molar-refractivity contribution in [2.24, 2.45) is 0 Å². The van der Waals surface area contributed by atoms with Crippen LogP contribution in [0.15, 0.2) is 35.2 Å². The second-order valence-corrected chi connectivity index (χ2v) is 6.33. The smallest absolute Gasteiger partial charge is 0.246 e. The zero-order valence-corrected chi connectivity index (χ0v) is 12.1. The number of hydrogen-bond acceptors (Lipinski definition) is 3. The Balaban J connectivity index is 3.32. The molecule has 0 spiro atoms. The highest BCUT2D eigenvalue weighted by Crippen LogP contribution is 2.30. The van der Waals surface area contributed by atoms with Gasteiger partial charge in [0.1, 0.15) is 4.90 Å². The largest absolute Gasteiger partial charge is 0.398 e. The summed E-state index contributed by atoms with van der Waals surface area (Å²) in [6.07, 6.45) is 0. The maximum atomic E-state index is 12.5. The molecule has 0 bridgehead atoms. The molecular formula is C12H17ClN2O2S. The van der Waals surface area contributed by atoms with Crippen LogP contribution in [-0.2, 0) is 10.0 Å². The minimum absolute atomic E-state index is 0.0326. The molecule has 1 rings (SSSR count). The first-order valence-electron chi connectivity index (χ1n) is 5.49. The van der Waals surface area contributed by atoms with E-state index in [0.29, 0.717) is 6.54 Å². The average molecular weight is 289 g/mol. The Kier molecular flexibility index (Phi) is 4.78. The Morgan fingerprint density at radius 2 is 2.11 bits per heavy atom. The standard InChI is InChI=1S/C12H17ClN2O2S/c1-4-15(8-9(2)3)18(16,17)12-10(13)6-5-7-11(12)14/h5-7H,2,4,8,14H2,1,3H3. The van der Waals surface area contributed by atoms with Crippen LogP contribution in [0, 0.1) is 0 Å². The van der Waals surface area contributed by atoms with Crippen molar-refractivity contribution < 1.29 is 8.42 Å². The first-order valence-corrected chi connectivity index (χ1v) is 7.31. The van der Waals surface area contributed by atoms with Crippen molar-refractivity contribution in [3.8, 4) is 0 Å². The zero-order valence-electron chi connectivity index (χ0n) is 10.5. The molecule has 0 saturated heterocycles. The topological polar surface area (TPSA) is 63.4 Å². The van der Waals surface area contributed by atoms with Crippen molar-refractivity contribution in [2.45, 2.75) is 18.7 Å². The first kappa shape index (κ1) is 15.0. The van der Waals surface area contributed by atoms with Crippen molar-refractivity contribution in [2.75, 3.05) is 18.8 Å². The molecule has 18 heavy (non-hydrogen) atoms. The summed E-state index contributed by atoms with van der Waals surface area (Å²) in [5.41, 5.74) is 6.63. The van der Waals surface area contributed by atoms with Crippen molar-refractivity contribution in [3.05, 3.63) is 35.4 Å². The summed E-state index contributed by atoms with van der Waals surface area (Å²) in [5, 5.41) is 0.134. The Morgan fingerprint density at radius 1 is 1.50 bits per heavy atom. The van der Waals surface area contributed by atoms with Gasteiger partial charge in [0, 0.05) is 13.1 Å². The van der Waals surface area contributed by atoms with Crippen molar-refractivity contribution in [1.82, 2.24) is 4.31 Å². The summed E-state index contributed by atoms with van der Waals surface area (Å²) in [6, 6.07) is 4.65. The predicted octanol–water partition coefficient (Wildman–Crippen LogP) is 2.51. The van der Waals surface area contributed by atoms with Gasteiger partial charge in [-0.05, 0) is 19.1 Å². The summed E-state index contributed by atoms with van der Waals surface area (Å²) in [6.45, 7) is 7.84. The van der Waals surface area contributed by atoms with E-state index in [1.165, 1.54) is 16.4 Å². The highest BCUT2D eigenvalue weighted by atomic mass is 35.5. The van der Waals surface area contributed by atoms with Crippen LogP contribution in [-0.4, -0.2) is 25.8 Å². The quantitative estimate of drug-likeness (QED) is 0.669. The van der Waals surface area contributed by atoms with E-state index in [1.807, 2.05) is 0 Å². The zero-order chi connectivity index (χ0) is 13.9. The van der Waals surface area contributed by atoms with Crippen LogP contribution in [0.1, 0.15) is 13.8 Å². The van der Waals surface area contributed by atoms with Crippen LogP contribution in [0.25, 0.3) is 0 Å². The van der Waals surface area contributed by atoms with Crippen molar-refractivity contribution in [3.63, 3.8) is 0 Å². The molecule has 0 fully saturated rings. The van der Waals surface area contributed by atoms with Gasteiger partial charge in [-0.2, -0.15) is 4.31 Å². The second kappa shape index (κ2) is 5.73. The van der Waals surface area contributed by atoms with Crippen LogP contribution in [0.3, 0.4) is 0 Å². The number of likely N-dealkylation sites (N-methyl/N-ethyl adjacent to an activating group) is 1. The van der Waals surface area contributed by atoms with Crippen LogP contribution >= 0.6 is 11.6 Å². The summed E-state index contributed by atoms with van der Waals surface area (Å²) < 4.78 is 26.2. The van der Waals surface area contributed by atoms with Crippen LogP contribution in [0.2, 0.25) is 5.02 Å². The van der Waals surface area contributed by atoms with E-state index in [4.69, 9.17) is 17.3 Å². The molecule has 0 aromatic heterocycles. The van der Waals surface area contributed by atoms with Gasteiger partial charge < -0.3 is 5.73 Å². The molecular weight excluding hydrogens is 272 g/mol. The molecule has 2 N–H and O–H groups in total. The van der Waals surface area contributed by atoms with Crippen LogP contribution < -0.4 is 5.73 Å². The monoisotopic (exact) mass is 288 g/mol. The average Bonchev–Trinajstić information content (AvgIpc) is 2.24. The molecule has 0 unspecified atom stereocenters. The molecule has 0 aliphatic heterocycles. The molecule has 100 valence electrons. The van der Waals surface area contributed by atoms with Crippen LogP contribution in [0.5, 0.6) is 0 Å². The van der Waals surface area contributed by atoms with E-state index in [9.17, 15) is 8.42 Å². The SMILES string of the molecule is C=C(C)CN(CC)S(=O)(=O)c1c(N)cccc1Cl. The van der Waals surface area contributed by atoms with E-state index >= 15 is 0 Å². The van der Waals surface area contributed by atoms with Gasteiger partial charge in [0.2, 0.25) is 10.0 Å². The van der Waals surface area contributed by atoms with Gasteiger partial charge in [0.05, 0.1) is 10.7 Å². The number of nitrogens with zero attached hydrogens (tertiary/aromatic N) is 1. The molecule has 0 saturated carbocycles. The van der Waals surface area contributed by atoms with E-state index in [-0.39, 0.29) is 22.2 Å². The fourth-order valence-electron chi connectivity index (χ4n) is 1.59. The minimum Gasteiger partial charge on any atom is -0.398 e. The number of benzene rings is 1. The van der Waals surface area contributed by atoms with E-state index < -0.39 is 10.0 Å². The fourth-order valence-corrected chi connectivity index (χ4v) is 3.74. The minimum atomic E-state index is -3.69. The van der Waals surface area contributed by atoms with Crippen LogP contribution in [0.4, 0.5) is 5.69 Å². The van der Waals surface area contributed by atoms with Gasteiger partial charge in [0.15, 0.2) is 0 Å². The number of halogens is 1. The highest BCUT2D eigenvalue weighted by Gasteiger charge is 2.27. The number of rotatable bonds is 5. The third kappa shape index (κ3) is 3.04. The lowest BCUT2D eigenvalue weighted by molar-refractivity contribution is 0.453. The Bertz CT molecular complexity index is 535. The van der Waals surface area contributed by atoms with Gasteiger partial charge >= 0.3 is 0 Å². The first-order chi connectivity index (χ1) is 8.30. The molecule has 0 aliphatic carbocycles. The third-order valence-corrected chi connectivity index (χ3v) is 4.86. The maximum Gasteiger partial charge on any atom is 0.246 e. The molecule has 6 heteroatoms. The number of sulfonamides is 1. The molecule has 0 atom stereocenters. The molecule has 0 aliphatic rings. The Labute approximate surface area is 113 Å². The van der Waals surface area contributed by atoms with Crippen molar-refractivity contribution in [1.29, 1.82) is 0 Å². The Morgan fingerprint density at radius 3 is 2.56 bits per heavy atom. The summed E-state index contributed by atoms with van der Waals surface area (Å²) in [4.78, 5) is -0.0326. The number of hydrogen-bond donors (Lipinski definition) is 1. The molecule has 0 amide bonds. The number of nitrogens with two attached hydrogens (primary N) is 1. The van der Waals surface area contributed by atoms with Gasteiger partial charge in [-0.1, -0.05) is 36.7 Å². The molecule has 0 heterocycles. The molecule has 0 radical (unpaired) electrons. The highest BCUT2D eigenvalue weighted by molar-refractivity contribution is 7.89. The van der Waals surface area contributed by atoms with E-state index in [0.717, 1.165) is 5.57 Å². The number of nitrogen functional groups attached to an aromatic ring is 1. The number of anilines is 1. The van der Waals surface area contributed by atoms with E-state index in [1.54, 1.807) is 19.9 Å². The summed E-state index contributed by atoms with van der Waals surface area (Å²) in [7, 11) is -3.69. The van der Waals surface area contributed by atoms with Gasteiger partial charge in [-0.15, -0.1) is 0 Å². The molecule has 1 aromatic carbocycles. The van der Waals surface area contributed by atoms with Gasteiger partial charge in [-0.25, -0.2) is 8.42 Å². The molecule has 4 nitrogen and oxygen atoms in total. The van der Waals surface area contributed by atoms with E-state index in [2.05, 4.69) is 6.58 Å². The lowest BCUT2D eigenvalue weighted by atomic mass is 10.3. The molecule has 1 aromatic rings. The summed E-state index contributed by atoms with van der Waals surface area (Å²) in [5.74, 6) is 0. The van der Waals surface area contributed by atoms with Gasteiger partial charge in [0.25, 0.3) is 0 Å². The predicted molar refractivity (Wildman–Crippen MR) is 75.1 cm³/mol. The van der Waals surface area contributed by atoms with Gasteiger partial charge in [-0.3, -0.25) is 0 Å². The lowest BCUT2D eigenvalue weighted by Gasteiger charge is -2.22. The Hall–Kier alpha value is -1.04. The fraction of sp³-hybridized carbons (Fsp3) is 0.333. The maximum absolute atomic E-state index is 12.5. The van der Waals surface area contributed by atoms with Crippen molar-refractivity contribution >= 4 is 27.3 Å². The lowest BCUT2D eigenvalue weighted by Crippen LogP contribution is -2.32.